The summed E-state index contributed by atoms with van der Waals surface area (Å²) in [6, 6.07) is 13.6. The van der Waals surface area contributed by atoms with Gasteiger partial charge < -0.3 is 0 Å². The molecule has 0 amide bonds. The van der Waals surface area contributed by atoms with Crippen LogP contribution in [0.3, 0.4) is 0 Å². The summed E-state index contributed by atoms with van der Waals surface area (Å²) in [6.45, 7) is 8.99. The first-order chi connectivity index (χ1) is 8.18. The summed E-state index contributed by atoms with van der Waals surface area (Å²) >= 11 is 4.99. The lowest BCUT2D eigenvalue weighted by Gasteiger charge is -2.20. The van der Waals surface area contributed by atoms with Crippen LogP contribution in [0.5, 0.6) is 0 Å². The summed E-state index contributed by atoms with van der Waals surface area (Å²) in [5, 5.41) is 2.67. The van der Waals surface area contributed by atoms with E-state index < -0.39 is 0 Å². The van der Waals surface area contributed by atoms with E-state index in [4.69, 9.17) is 0 Å². The van der Waals surface area contributed by atoms with Crippen molar-refractivity contribution in [2.24, 2.45) is 0 Å². The van der Waals surface area contributed by atoms with Gasteiger partial charge in [-0.25, -0.2) is 0 Å². The summed E-state index contributed by atoms with van der Waals surface area (Å²) in [5.74, 6) is 0. The third-order valence-electron chi connectivity index (χ3n) is 3.21. The van der Waals surface area contributed by atoms with E-state index in [-0.39, 0.29) is 6.84 Å². The van der Waals surface area contributed by atoms with Gasteiger partial charge in [0.25, 0.3) is 0 Å². The molecule has 0 saturated heterocycles. The number of alkyl halides is 2. The van der Waals surface area contributed by atoms with Crippen LogP contribution in [0.2, 0.25) is 0 Å². The lowest BCUT2D eigenvalue weighted by molar-refractivity contribution is 0.825. The highest BCUT2D eigenvalue weighted by atomic mass is 127. The molecule has 0 N–H and O–H groups in total. The third kappa shape index (κ3) is 3.18. The molecule has 0 bridgehead atoms. The van der Waals surface area contributed by atoms with Gasteiger partial charge in [0.15, 0.2) is 0 Å². The highest BCUT2D eigenvalue weighted by Crippen LogP contribution is 2.35. The van der Waals surface area contributed by atoms with Crippen LogP contribution < -0.4 is 0 Å². The summed E-state index contributed by atoms with van der Waals surface area (Å²) in [7, 11) is 0. The number of fused-ring (bicyclic) bond motifs is 1. The maximum absolute atomic E-state index is 2.49. The van der Waals surface area contributed by atoms with Gasteiger partial charge in [-0.15, -0.1) is 0 Å². The predicted molar refractivity (Wildman–Crippen MR) is 98.0 cm³/mol. The van der Waals surface area contributed by atoms with Crippen LogP contribution in [0.1, 0.15) is 38.8 Å². The van der Waals surface area contributed by atoms with Crippen molar-refractivity contribution in [2.45, 2.75) is 34.5 Å². The molecule has 0 aliphatic heterocycles. The van der Waals surface area contributed by atoms with Gasteiger partial charge in [0.2, 0.25) is 0 Å². The Morgan fingerprint density at radius 1 is 0.667 bits per heavy atom. The molecule has 0 aromatic heterocycles. The zero-order valence-corrected chi connectivity index (χ0v) is 15.5. The van der Waals surface area contributed by atoms with Gasteiger partial charge in [-0.3, -0.25) is 0 Å². The normalized spacial score (nSPS) is 13.0. The number of halogens is 2. The van der Waals surface area contributed by atoms with Gasteiger partial charge in [0, 0.05) is 6.84 Å². The fraction of sp³-hybridized carbons (Fsp3) is 0.375. The van der Waals surface area contributed by atoms with E-state index >= 15 is 0 Å². The smallest absolute Gasteiger partial charge is 0.0414 e. The molecule has 0 heterocycles. The summed E-state index contributed by atoms with van der Waals surface area (Å²) in [5.41, 5.74) is 2.77. The Labute approximate surface area is 137 Å². The van der Waals surface area contributed by atoms with Gasteiger partial charge >= 0.3 is 0 Å². The molecular formula is C16H18I2. The lowest BCUT2D eigenvalue weighted by atomic mass is 9.95. The molecule has 0 aliphatic carbocycles. The fourth-order valence-corrected chi connectivity index (χ4v) is 2.66. The van der Waals surface area contributed by atoms with Crippen LogP contribution in [0.4, 0.5) is 0 Å². The average Bonchev–Trinajstić information content (AvgIpc) is 2.25. The molecule has 18 heavy (non-hydrogen) atoms. The van der Waals surface area contributed by atoms with E-state index in [9.17, 15) is 0 Å². The second-order valence-electron chi connectivity index (χ2n) is 5.72. The Morgan fingerprint density at radius 3 is 1.28 bits per heavy atom. The largest absolute Gasteiger partial charge is 0.0743 e. The summed E-state index contributed by atoms with van der Waals surface area (Å²) in [6.07, 6.45) is 0. The number of benzene rings is 2. The van der Waals surface area contributed by atoms with Crippen molar-refractivity contribution < 1.29 is 0 Å². The quantitative estimate of drug-likeness (QED) is 0.368. The van der Waals surface area contributed by atoms with Gasteiger partial charge in [-0.1, -0.05) is 69.4 Å². The van der Waals surface area contributed by atoms with E-state index in [0.29, 0.717) is 0 Å². The van der Waals surface area contributed by atoms with Crippen molar-refractivity contribution >= 4 is 56.0 Å². The molecule has 0 radical (unpaired) electrons. The van der Waals surface area contributed by atoms with Crippen LogP contribution in [0.15, 0.2) is 36.4 Å². The number of rotatable bonds is 2. The molecule has 0 nitrogen and oxygen atoms in total. The topological polar surface area (TPSA) is 0 Å². The minimum Gasteiger partial charge on any atom is -0.0743 e. The zero-order chi connectivity index (χ0) is 13.6. The second kappa shape index (κ2) is 4.93. The molecule has 0 fully saturated rings. The molecule has 0 spiro atoms. The van der Waals surface area contributed by atoms with E-state index in [1.807, 2.05) is 0 Å². The Hall–Kier alpha value is 0.160. The van der Waals surface area contributed by atoms with Crippen LogP contribution in [-0.4, -0.2) is 0 Å². The predicted octanol–water partition coefficient (Wildman–Crippen LogP) is 6.18. The highest BCUT2D eigenvalue weighted by molar-refractivity contribution is 14.1. The van der Waals surface area contributed by atoms with Crippen molar-refractivity contribution in [3.63, 3.8) is 0 Å². The molecule has 0 atom stereocenters. The van der Waals surface area contributed by atoms with Crippen molar-refractivity contribution in [1.29, 1.82) is 0 Å². The molecule has 2 heteroatoms. The second-order valence-corrected chi connectivity index (χ2v) is 11.1. The standard InChI is InChI=1S/C16H18I2/c1-15(2,17)13-7-5-12-10-14(16(3,4)18)8-6-11(12)9-13/h5-10H,1-4H3. The number of hydrogen-bond donors (Lipinski definition) is 0. The van der Waals surface area contributed by atoms with Crippen molar-refractivity contribution in [1.82, 2.24) is 0 Å². The molecule has 0 saturated carbocycles. The first-order valence-corrected chi connectivity index (χ1v) is 8.26. The van der Waals surface area contributed by atoms with Crippen LogP contribution >= 0.6 is 45.2 Å². The minimum absolute atomic E-state index is 0.188. The molecule has 2 rings (SSSR count). The SMILES string of the molecule is CC(C)(I)c1ccc2cc(C(C)(C)I)ccc2c1. The van der Waals surface area contributed by atoms with Gasteiger partial charge in [0.05, 0.1) is 0 Å². The van der Waals surface area contributed by atoms with Crippen LogP contribution in [0, 0.1) is 0 Å². The first-order valence-electron chi connectivity index (χ1n) is 6.10. The Kier molecular flexibility index (Phi) is 3.99. The summed E-state index contributed by atoms with van der Waals surface area (Å²) in [4.78, 5) is 0. The van der Waals surface area contributed by atoms with Gasteiger partial charge in [0.1, 0.15) is 0 Å². The van der Waals surface area contributed by atoms with E-state index in [1.165, 1.54) is 21.9 Å². The van der Waals surface area contributed by atoms with Crippen LogP contribution in [0.25, 0.3) is 10.8 Å². The molecule has 0 unspecified atom stereocenters. The lowest BCUT2D eigenvalue weighted by Crippen LogP contribution is -2.07. The van der Waals surface area contributed by atoms with E-state index in [2.05, 4.69) is 109 Å². The van der Waals surface area contributed by atoms with Gasteiger partial charge in [-0.2, -0.15) is 0 Å². The van der Waals surface area contributed by atoms with Crippen molar-refractivity contribution in [2.75, 3.05) is 0 Å². The molecule has 2 aromatic carbocycles. The molecular weight excluding hydrogens is 446 g/mol. The fourth-order valence-electron chi connectivity index (χ4n) is 1.99. The van der Waals surface area contributed by atoms with Crippen LogP contribution in [-0.2, 0) is 6.84 Å². The Morgan fingerprint density at radius 2 is 1.00 bits per heavy atom. The first kappa shape index (κ1) is 14.6. The van der Waals surface area contributed by atoms with E-state index in [0.717, 1.165) is 0 Å². The Bertz CT molecular complexity index is 518. The maximum atomic E-state index is 2.49. The summed E-state index contributed by atoms with van der Waals surface area (Å²) < 4.78 is 0.375. The molecule has 2 aromatic rings. The molecule has 96 valence electrons. The average molecular weight is 464 g/mol. The monoisotopic (exact) mass is 464 g/mol. The number of hydrogen-bond acceptors (Lipinski definition) is 0. The zero-order valence-electron chi connectivity index (χ0n) is 11.2. The Balaban J connectivity index is 2.56. The minimum atomic E-state index is 0.188. The van der Waals surface area contributed by atoms with Crippen molar-refractivity contribution in [3.8, 4) is 0 Å². The third-order valence-corrected chi connectivity index (χ3v) is 4.46. The highest BCUT2D eigenvalue weighted by Gasteiger charge is 2.18. The van der Waals surface area contributed by atoms with E-state index in [1.54, 1.807) is 0 Å². The van der Waals surface area contributed by atoms with Crippen molar-refractivity contribution in [3.05, 3.63) is 47.5 Å². The molecule has 0 aliphatic rings. The van der Waals surface area contributed by atoms with Gasteiger partial charge in [-0.05, 0) is 61.7 Å². The maximum Gasteiger partial charge on any atom is 0.0414 e.